The molecule has 0 aliphatic carbocycles. The van der Waals surface area contributed by atoms with Crippen molar-refractivity contribution in [1.29, 1.82) is 0 Å². The van der Waals surface area contributed by atoms with Gasteiger partial charge in [0.25, 0.3) is 0 Å². The van der Waals surface area contributed by atoms with Gasteiger partial charge in [-0.05, 0) is 55.5 Å². The summed E-state index contributed by atoms with van der Waals surface area (Å²) in [5.41, 5.74) is 5.02. The van der Waals surface area contributed by atoms with Crippen LogP contribution in [0.2, 0.25) is 0 Å². The van der Waals surface area contributed by atoms with E-state index >= 15 is 0 Å². The number of carbonyl (C=O) groups is 1. The van der Waals surface area contributed by atoms with E-state index < -0.39 is 0 Å². The number of benzene rings is 2. The molecule has 0 bridgehead atoms. The number of ether oxygens (including phenoxy) is 2. The largest absolute Gasteiger partial charge is 0.497 e. The summed E-state index contributed by atoms with van der Waals surface area (Å²) in [4.78, 5) is 11.9. The van der Waals surface area contributed by atoms with Crippen LogP contribution in [0.5, 0.6) is 5.75 Å². The number of nitrogens with one attached hydrogen (secondary N) is 1. The number of allylic oxidation sites excluding steroid dienone is 2. The SMILES string of the molecule is C/C=C(\C)C(c1ccc(CCC(=O)NCCCC)cc1)c1ccc(OC)cc1.C=CCOC. The van der Waals surface area contributed by atoms with Crippen molar-refractivity contribution in [3.05, 3.63) is 89.5 Å². The molecular formula is C29H41NO3. The molecule has 0 fully saturated rings. The van der Waals surface area contributed by atoms with Gasteiger partial charge < -0.3 is 14.8 Å². The van der Waals surface area contributed by atoms with Gasteiger partial charge in [0.1, 0.15) is 5.75 Å². The zero-order valence-electron chi connectivity index (χ0n) is 21.0. The lowest BCUT2D eigenvalue weighted by Crippen LogP contribution is -2.24. The van der Waals surface area contributed by atoms with Crippen LogP contribution in [0.15, 0.2) is 72.8 Å². The van der Waals surface area contributed by atoms with Crippen LogP contribution in [-0.2, 0) is 16.0 Å². The van der Waals surface area contributed by atoms with E-state index in [2.05, 4.69) is 79.9 Å². The van der Waals surface area contributed by atoms with Crippen molar-refractivity contribution < 1.29 is 14.3 Å². The Hall–Kier alpha value is -2.85. The summed E-state index contributed by atoms with van der Waals surface area (Å²) in [5.74, 6) is 1.23. The minimum absolute atomic E-state index is 0.137. The second kappa shape index (κ2) is 16.7. The molecule has 0 radical (unpaired) electrons. The minimum Gasteiger partial charge on any atom is -0.497 e. The third-order valence-corrected chi connectivity index (χ3v) is 5.45. The maximum Gasteiger partial charge on any atom is 0.220 e. The Morgan fingerprint density at radius 3 is 2.12 bits per heavy atom. The summed E-state index contributed by atoms with van der Waals surface area (Å²) in [6.45, 7) is 11.2. The predicted molar refractivity (Wildman–Crippen MR) is 139 cm³/mol. The topological polar surface area (TPSA) is 47.6 Å². The second-order valence-electron chi connectivity index (χ2n) is 7.93. The maximum atomic E-state index is 11.9. The first-order chi connectivity index (χ1) is 16.0. The van der Waals surface area contributed by atoms with Crippen molar-refractivity contribution in [1.82, 2.24) is 5.32 Å². The van der Waals surface area contributed by atoms with Crippen molar-refractivity contribution in [3.8, 4) is 5.75 Å². The second-order valence-corrected chi connectivity index (χ2v) is 7.93. The highest BCUT2D eigenvalue weighted by molar-refractivity contribution is 5.76. The van der Waals surface area contributed by atoms with Crippen LogP contribution in [0.25, 0.3) is 0 Å². The quantitative estimate of drug-likeness (QED) is 0.297. The molecule has 0 aliphatic rings. The zero-order chi connectivity index (χ0) is 24.5. The van der Waals surface area contributed by atoms with E-state index in [-0.39, 0.29) is 11.8 Å². The molecule has 1 amide bonds. The predicted octanol–water partition coefficient (Wildman–Crippen LogP) is 6.46. The molecule has 180 valence electrons. The summed E-state index contributed by atoms with van der Waals surface area (Å²) in [7, 11) is 3.33. The smallest absolute Gasteiger partial charge is 0.220 e. The number of carbonyl (C=O) groups excluding carboxylic acids is 1. The Bertz CT molecular complexity index is 838. The fourth-order valence-corrected chi connectivity index (χ4v) is 3.43. The van der Waals surface area contributed by atoms with Gasteiger partial charge in [0, 0.05) is 26.0 Å². The molecule has 0 aliphatic heterocycles. The Morgan fingerprint density at radius 2 is 1.67 bits per heavy atom. The molecule has 0 heterocycles. The van der Waals surface area contributed by atoms with E-state index in [1.54, 1.807) is 20.3 Å². The highest BCUT2D eigenvalue weighted by atomic mass is 16.5. The number of methoxy groups -OCH3 is 2. The average molecular weight is 452 g/mol. The standard InChI is InChI=1S/C25H33NO2.C4H8O/c1-5-7-18-26-24(27)17-10-20-8-11-21(12-9-20)25(19(3)6-2)22-13-15-23(28-4)16-14-22;1-3-4-5-2/h6,8-9,11-16,25H,5,7,10,17-18H2,1-4H3,(H,26,27);3H,1,4H2,2H3/b19-6+;. The third-order valence-electron chi connectivity index (χ3n) is 5.45. The first-order valence-corrected chi connectivity index (χ1v) is 11.7. The Balaban J connectivity index is 0.000000981. The Labute approximate surface area is 200 Å². The number of amides is 1. The molecule has 33 heavy (non-hydrogen) atoms. The molecule has 0 saturated carbocycles. The normalized spacial score (nSPS) is 11.7. The van der Waals surface area contributed by atoms with E-state index in [0.29, 0.717) is 13.0 Å². The molecule has 0 aromatic heterocycles. The summed E-state index contributed by atoms with van der Waals surface area (Å²) in [6, 6.07) is 16.9. The van der Waals surface area contributed by atoms with Gasteiger partial charge >= 0.3 is 0 Å². The lowest BCUT2D eigenvalue weighted by Gasteiger charge is -2.20. The highest BCUT2D eigenvalue weighted by Crippen LogP contribution is 2.32. The van der Waals surface area contributed by atoms with Crippen LogP contribution in [0.4, 0.5) is 0 Å². The van der Waals surface area contributed by atoms with Gasteiger partial charge in [0.05, 0.1) is 13.7 Å². The Morgan fingerprint density at radius 1 is 1.06 bits per heavy atom. The van der Waals surface area contributed by atoms with Crippen molar-refractivity contribution in [2.75, 3.05) is 27.4 Å². The molecule has 4 nitrogen and oxygen atoms in total. The van der Waals surface area contributed by atoms with Crippen LogP contribution in [0.1, 0.15) is 62.6 Å². The molecular weight excluding hydrogens is 410 g/mol. The third kappa shape index (κ3) is 10.5. The molecule has 2 aromatic carbocycles. The summed E-state index contributed by atoms with van der Waals surface area (Å²) in [6.07, 6.45) is 7.33. The Kier molecular flexibility index (Phi) is 14.3. The van der Waals surface area contributed by atoms with Crippen LogP contribution in [0.3, 0.4) is 0 Å². The summed E-state index contributed by atoms with van der Waals surface area (Å²) < 4.78 is 9.86. The van der Waals surface area contributed by atoms with Crippen molar-refractivity contribution >= 4 is 5.91 Å². The lowest BCUT2D eigenvalue weighted by atomic mass is 9.85. The molecule has 1 unspecified atom stereocenters. The van der Waals surface area contributed by atoms with Gasteiger partial charge in [-0.2, -0.15) is 0 Å². The fourth-order valence-electron chi connectivity index (χ4n) is 3.43. The number of hydrogen-bond acceptors (Lipinski definition) is 3. The van der Waals surface area contributed by atoms with Crippen molar-refractivity contribution in [2.24, 2.45) is 0 Å². The van der Waals surface area contributed by atoms with Crippen LogP contribution in [0, 0.1) is 0 Å². The van der Waals surface area contributed by atoms with Gasteiger partial charge in [0.15, 0.2) is 0 Å². The molecule has 4 heteroatoms. The fraction of sp³-hybridized carbons (Fsp3) is 0.414. The number of unbranched alkanes of at least 4 members (excludes halogenated alkanes) is 1. The monoisotopic (exact) mass is 451 g/mol. The number of rotatable bonds is 12. The molecule has 2 rings (SSSR count). The van der Waals surface area contributed by atoms with Crippen LogP contribution in [-0.4, -0.2) is 33.3 Å². The van der Waals surface area contributed by atoms with Gasteiger partial charge in [-0.3, -0.25) is 4.79 Å². The minimum atomic E-state index is 0.137. The average Bonchev–Trinajstić information content (AvgIpc) is 2.85. The van der Waals surface area contributed by atoms with E-state index in [0.717, 1.165) is 31.6 Å². The molecule has 1 atom stereocenters. The first kappa shape index (κ1) is 28.2. The molecule has 0 saturated heterocycles. The molecule has 0 spiro atoms. The summed E-state index contributed by atoms with van der Waals surface area (Å²) >= 11 is 0. The van der Waals surface area contributed by atoms with Crippen LogP contribution >= 0.6 is 0 Å². The molecule has 1 N–H and O–H groups in total. The van der Waals surface area contributed by atoms with Crippen LogP contribution < -0.4 is 10.1 Å². The van der Waals surface area contributed by atoms with Gasteiger partial charge in [-0.25, -0.2) is 0 Å². The van der Waals surface area contributed by atoms with Gasteiger partial charge in [-0.1, -0.05) is 67.5 Å². The van der Waals surface area contributed by atoms with E-state index in [1.807, 2.05) is 12.1 Å². The number of aryl methyl sites for hydroxylation is 1. The van der Waals surface area contributed by atoms with Gasteiger partial charge in [0.2, 0.25) is 5.91 Å². The highest BCUT2D eigenvalue weighted by Gasteiger charge is 2.16. The van der Waals surface area contributed by atoms with E-state index in [9.17, 15) is 4.79 Å². The first-order valence-electron chi connectivity index (χ1n) is 11.7. The van der Waals surface area contributed by atoms with E-state index in [4.69, 9.17) is 4.74 Å². The summed E-state index contributed by atoms with van der Waals surface area (Å²) in [5, 5.41) is 2.98. The van der Waals surface area contributed by atoms with E-state index in [1.165, 1.54) is 22.3 Å². The zero-order valence-corrected chi connectivity index (χ0v) is 21.0. The number of hydrogen-bond donors (Lipinski definition) is 1. The molecule has 2 aromatic rings. The van der Waals surface area contributed by atoms with Crippen molar-refractivity contribution in [2.45, 2.75) is 52.4 Å². The maximum absolute atomic E-state index is 11.9. The van der Waals surface area contributed by atoms with Crippen molar-refractivity contribution in [3.63, 3.8) is 0 Å². The lowest BCUT2D eigenvalue weighted by molar-refractivity contribution is -0.121. The van der Waals surface area contributed by atoms with Gasteiger partial charge in [-0.15, -0.1) is 6.58 Å².